The monoisotopic (exact) mass is 314 g/mol. The molecule has 0 aromatic heterocycles. The molecule has 4 heteroatoms. The van der Waals surface area contributed by atoms with Crippen LogP contribution in [0, 0.1) is 5.92 Å². The maximum atomic E-state index is 12.3. The van der Waals surface area contributed by atoms with Gasteiger partial charge in [-0.1, -0.05) is 19.1 Å². The third kappa shape index (κ3) is 3.99. The number of hydrogen-bond acceptors (Lipinski definition) is 3. The van der Waals surface area contributed by atoms with E-state index in [9.17, 15) is 9.59 Å². The van der Waals surface area contributed by atoms with Gasteiger partial charge in [-0.2, -0.15) is 0 Å². The van der Waals surface area contributed by atoms with Gasteiger partial charge in [0.25, 0.3) is 0 Å². The van der Waals surface area contributed by atoms with E-state index in [-0.39, 0.29) is 24.2 Å². The number of carbonyl (C=O) groups excluding carboxylic acids is 2. The summed E-state index contributed by atoms with van der Waals surface area (Å²) in [5.41, 5.74) is 3.44. The summed E-state index contributed by atoms with van der Waals surface area (Å²) in [5.74, 6) is 0.520. The lowest BCUT2D eigenvalue weighted by atomic mass is 9.95. The molecule has 2 unspecified atom stereocenters. The van der Waals surface area contributed by atoms with Gasteiger partial charge in [0, 0.05) is 24.4 Å². The largest absolute Gasteiger partial charge is 0.353 e. The first-order chi connectivity index (χ1) is 11.1. The van der Waals surface area contributed by atoms with Gasteiger partial charge in [0.1, 0.15) is 0 Å². The number of ketones is 1. The average molecular weight is 314 g/mol. The third-order valence-electron chi connectivity index (χ3n) is 5.13. The van der Waals surface area contributed by atoms with E-state index < -0.39 is 0 Å². The van der Waals surface area contributed by atoms with Crippen LogP contribution >= 0.6 is 0 Å². The molecule has 0 bridgehead atoms. The fourth-order valence-corrected chi connectivity index (χ4v) is 3.62. The first kappa shape index (κ1) is 16.2. The highest BCUT2D eigenvalue weighted by molar-refractivity contribution is 5.98. The van der Waals surface area contributed by atoms with Crippen LogP contribution in [0.25, 0.3) is 0 Å². The Kier molecular flexibility index (Phi) is 5.11. The van der Waals surface area contributed by atoms with Gasteiger partial charge in [-0.15, -0.1) is 0 Å². The molecule has 1 aliphatic heterocycles. The smallest absolute Gasteiger partial charge is 0.220 e. The molecular formula is C19H26N2O2. The number of carbonyl (C=O) groups is 2. The molecule has 1 aromatic rings. The fourth-order valence-electron chi connectivity index (χ4n) is 3.62. The standard InChI is InChI=1S/C19H26N2O2/c1-13-12-20-10-9-17(13)21-19(23)8-7-18(22)16-6-5-14-3-2-4-15(14)11-16/h5-6,11,13,17,20H,2-4,7-10,12H2,1H3,(H,21,23). The molecule has 0 saturated carbocycles. The quantitative estimate of drug-likeness (QED) is 0.820. The van der Waals surface area contributed by atoms with Crippen LogP contribution in [0.15, 0.2) is 18.2 Å². The van der Waals surface area contributed by atoms with Gasteiger partial charge in [-0.3, -0.25) is 9.59 Å². The molecular weight excluding hydrogens is 288 g/mol. The predicted molar refractivity (Wildman–Crippen MR) is 90.6 cm³/mol. The lowest BCUT2D eigenvalue weighted by Crippen LogP contribution is -2.48. The molecule has 4 nitrogen and oxygen atoms in total. The van der Waals surface area contributed by atoms with Crippen molar-refractivity contribution in [1.82, 2.24) is 10.6 Å². The maximum Gasteiger partial charge on any atom is 0.220 e. The number of Topliss-reactive ketones (excluding diaryl/α,β-unsaturated/α-hetero) is 1. The van der Waals surface area contributed by atoms with Crippen molar-refractivity contribution in [2.45, 2.75) is 51.5 Å². The summed E-state index contributed by atoms with van der Waals surface area (Å²) in [4.78, 5) is 24.4. The van der Waals surface area contributed by atoms with Crippen molar-refractivity contribution in [3.63, 3.8) is 0 Å². The number of hydrogen-bond donors (Lipinski definition) is 2. The molecule has 1 fully saturated rings. The van der Waals surface area contributed by atoms with Crippen molar-refractivity contribution < 1.29 is 9.59 Å². The van der Waals surface area contributed by atoms with Crippen molar-refractivity contribution in [3.8, 4) is 0 Å². The van der Waals surface area contributed by atoms with E-state index in [0.717, 1.165) is 37.9 Å². The van der Waals surface area contributed by atoms with E-state index in [0.29, 0.717) is 12.3 Å². The van der Waals surface area contributed by atoms with Crippen molar-refractivity contribution in [2.75, 3.05) is 13.1 Å². The molecule has 2 atom stereocenters. The molecule has 0 spiro atoms. The number of rotatable bonds is 5. The normalized spacial score (nSPS) is 23.3. The summed E-state index contributed by atoms with van der Waals surface area (Å²) in [6, 6.07) is 6.25. The van der Waals surface area contributed by atoms with Crippen molar-refractivity contribution in [3.05, 3.63) is 34.9 Å². The number of amides is 1. The summed E-state index contributed by atoms with van der Waals surface area (Å²) in [7, 11) is 0. The van der Waals surface area contributed by atoms with E-state index in [1.165, 1.54) is 17.5 Å². The van der Waals surface area contributed by atoms with E-state index in [4.69, 9.17) is 0 Å². The summed E-state index contributed by atoms with van der Waals surface area (Å²) < 4.78 is 0. The molecule has 2 aliphatic rings. The number of piperidine rings is 1. The van der Waals surface area contributed by atoms with Crippen LogP contribution in [0.3, 0.4) is 0 Å². The Bertz CT molecular complexity index is 597. The second-order valence-electron chi connectivity index (χ2n) is 6.90. The number of aryl methyl sites for hydroxylation is 2. The number of benzene rings is 1. The second-order valence-corrected chi connectivity index (χ2v) is 6.90. The molecule has 23 heavy (non-hydrogen) atoms. The van der Waals surface area contributed by atoms with E-state index in [1.807, 2.05) is 12.1 Å². The molecule has 3 rings (SSSR count). The van der Waals surface area contributed by atoms with Gasteiger partial charge in [-0.05, 0) is 61.9 Å². The van der Waals surface area contributed by atoms with Crippen LogP contribution in [0.5, 0.6) is 0 Å². The average Bonchev–Trinajstić information content (AvgIpc) is 3.02. The first-order valence-electron chi connectivity index (χ1n) is 8.78. The Morgan fingerprint density at radius 3 is 2.87 bits per heavy atom. The van der Waals surface area contributed by atoms with Gasteiger partial charge >= 0.3 is 0 Å². The Morgan fingerprint density at radius 1 is 1.22 bits per heavy atom. The first-order valence-corrected chi connectivity index (χ1v) is 8.78. The van der Waals surface area contributed by atoms with Crippen LogP contribution in [-0.4, -0.2) is 30.8 Å². The Hall–Kier alpha value is -1.68. The molecule has 2 N–H and O–H groups in total. The lowest BCUT2D eigenvalue weighted by Gasteiger charge is -2.30. The zero-order valence-electron chi connectivity index (χ0n) is 13.9. The number of fused-ring (bicyclic) bond motifs is 1. The van der Waals surface area contributed by atoms with Gasteiger partial charge in [0.15, 0.2) is 5.78 Å². The minimum Gasteiger partial charge on any atom is -0.353 e. The minimum absolute atomic E-state index is 0.00161. The van der Waals surface area contributed by atoms with Gasteiger partial charge in [-0.25, -0.2) is 0 Å². The molecule has 1 aromatic carbocycles. The molecule has 0 radical (unpaired) electrons. The van der Waals surface area contributed by atoms with Gasteiger partial charge in [0.2, 0.25) is 5.91 Å². The summed E-state index contributed by atoms with van der Waals surface area (Å²) in [6.45, 7) is 4.04. The molecule has 1 saturated heterocycles. The van der Waals surface area contributed by atoms with Crippen molar-refractivity contribution in [2.24, 2.45) is 5.92 Å². The van der Waals surface area contributed by atoms with Crippen LogP contribution in [-0.2, 0) is 17.6 Å². The minimum atomic E-state index is -0.00161. The Labute approximate surface area is 138 Å². The van der Waals surface area contributed by atoms with Crippen LogP contribution < -0.4 is 10.6 Å². The second kappa shape index (κ2) is 7.26. The molecule has 124 valence electrons. The zero-order valence-corrected chi connectivity index (χ0v) is 13.9. The topological polar surface area (TPSA) is 58.2 Å². The van der Waals surface area contributed by atoms with Crippen LogP contribution in [0.2, 0.25) is 0 Å². The lowest BCUT2D eigenvalue weighted by molar-refractivity contribution is -0.122. The van der Waals surface area contributed by atoms with E-state index >= 15 is 0 Å². The summed E-state index contributed by atoms with van der Waals surface area (Å²) in [6.07, 6.45) is 4.93. The Morgan fingerprint density at radius 2 is 2.04 bits per heavy atom. The highest BCUT2D eigenvalue weighted by Gasteiger charge is 2.23. The maximum absolute atomic E-state index is 12.3. The molecule has 1 heterocycles. The molecule has 1 aliphatic carbocycles. The van der Waals surface area contributed by atoms with Crippen molar-refractivity contribution in [1.29, 1.82) is 0 Å². The van der Waals surface area contributed by atoms with E-state index in [2.05, 4.69) is 23.6 Å². The van der Waals surface area contributed by atoms with Crippen LogP contribution in [0.1, 0.15) is 54.1 Å². The SMILES string of the molecule is CC1CNCCC1NC(=O)CCC(=O)c1ccc2c(c1)CCC2. The summed E-state index contributed by atoms with van der Waals surface area (Å²) in [5, 5.41) is 6.41. The third-order valence-corrected chi connectivity index (χ3v) is 5.13. The van der Waals surface area contributed by atoms with Crippen LogP contribution in [0.4, 0.5) is 0 Å². The highest BCUT2D eigenvalue weighted by Crippen LogP contribution is 2.23. The zero-order chi connectivity index (χ0) is 16.2. The summed E-state index contributed by atoms with van der Waals surface area (Å²) >= 11 is 0. The molecule has 1 amide bonds. The van der Waals surface area contributed by atoms with Gasteiger partial charge < -0.3 is 10.6 Å². The Balaban J connectivity index is 1.49. The highest BCUT2D eigenvalue weighted by atomic mass is 16.2. The van der Waals surface area contributed by atoms with Crippen molar-refractivity contribution >= 4 is 11.7 Å². The van der Waals surface area contributed by atoms with Gasteiger partial charge in [0.05, 0.1) is 0 Å². The fraction of sp³-hybridized carbons (Fsp3) is 0.579. The predicted octanol–water partition coefficient (Wildman–Crippen LogP) is 2.25. The number of nitrogens with one attached hydrogen (secondary N) is 2. The van der Waals surface area contributed by atoms with E-state index in [1.54, 1.807) is 0 Å².